The van der Waals surface area contributed by atoms with E-state index in [1.165, 1.54) is 29.7 Å². The third kappa shape index (κ3) is 6.52. The summed E-state index contributed by atoms with van der Waals surface area (Å²) in [5.41, 5.74) is 4.17. The highest BCUT2D eigenvalue weighted by atomic mass is 15.1. The summed E-state index contributed by atoms with van der Waals surface area (Å²) in [6.45, 7) is 14.7. The highest BCUT2D eigenvalue weighted by Crippen LogP contribution is 2.21. The van der Waals surface area contributed by atoms with E-state index in [0.29, 0.717) is 0 Å². The van der Waals surface area contributed by atoms with Crippen LogP contribution in [0.1, 0.15) is 51.7 Å². The Bertz CT molecular complexity index is 398. The molecule has 0 aliphatic carbocycles. The van der Waals surface area contributed by atoms with E-state index in [9.17, 15) is 0 Å². The molecule has 2 nitrogen and oxygen atoms in total. The van der Waals surface area contributed by atoms with Crippen molar-refractivity contribution in [2.45, 2.75) is 54.0 Å². The summed E-state index contributed by atoms with van der Waals surface area (Å²) in [6.07, 6.45) is 2.52. The average molecular weight is 290 g/mol. The van der Waals surface area contributed by atoms with E-state index in [1.54, 1.807) is 0 Å². The van der Waals surface area contributed by atoms with Crippen molar-refractivity contribution in [2.24, 2.45) is 11.8 Å². The lowest BCUT2D eigenvalue weighted by atomic mass is 10.0. The van der Waals surface area contributed by atoms with Gasteiger partial charge in [0, 0.05) is 25.3 Å². The van der Waals surface area contributed by atoms with Gasteiger partial charge in [-0.3, -0.25) is 0 Å². The number of nitrogens with one attached hydrogen (secondary N) is 1. The molecule has 0 amide bonds. The third-order valence-electron chi connectivity index (χ3n) is 4.01. The lowest BCUT2D eigenvalue weighted by Crippen LogP contribution is -2.27. The van der Waals surface area contributed by atoms with E-state index in [-0.39, 0.29) is 0 Å². The van der Waals surface area contributed by atoms with Crippen LogP contribution in [0.15, 0.2) is 18.2 Å². The summed E-state index contributed by atoms with van der Waals surface area (Å²) >= 11 is 0. The summed E-state index contributed by atoms with van der Waals surface area (Å²) in [7, 11) is 2.00. The second-order valence-electron chi connectivity index (χ2n) is 6.99. The first kappa shape index (κ1) is 18.0. The zero-order valence-electron chi connectivity index (χ0n) is 14.9. The van der Waals surface area contributed by atoms with E-state index < -0.39 is 0 Å². The van der Waals surface area contributed by atoms with Gasteiger partial charge in [-0.05, 0) is 61.9 Å². The molecule has 2 heteroatoms. The monoisotopic (exact) mass is 290 g/mol. The Balaban J connectivity index is 2.82. The molecular formula is C19H34N2. The van der Waals surface area contributed by atoms with E-state index >= 15 is 0 Å². The minimum Gasteiger partial charge on any atom is -0.372 e. The Morgan fingerprint density at radius 3 is 2.00 bits per heavy atom. The minimum atomic E-state index is 0.760. The van der Waals surface area contributed by atoms with Crippen LogP contribution in [0.4, 0.5) is 5.69 Å². The summed E-state index contributed by atoms with van der Waals surface area (Å²) in [5.74, 6) is 1.52. The smallest absolute Gasteiger partial charge is 0.0369 e. The van der Waals surface area contributed by atoms with Crippen LogP contribution in [-0.2, 0) is 6.54 Å². The van der Waals surface area contributed by atoms with Gasteiger partial charge in [0.2, 0.25) is 0 Å². The maximum absolute atomic E-state index is 3.24. The normalized spacial score (nSPS) is 11.4. The van der Waals surface area contributed by atoms with Gasteiger partial charge in [-0.25, -0.2) is 0 Å². The van der Waals surface area contributed by atoms with Gasteiger partial charge >= 0.3 is 0 Å². The van der Waals surface area contributed by atoms with Crippen molar-refractivity contribution in [3.05, 3.63) is 29.3 Å². The quantitative estimate of drug-likeness (QED) is 0.714. The van der Waals surface area contributed by atoms with Crippen molar-refractivity contribution in [1.82, 2.24) is 5.32 Å². The SMILES string of the molecule is CNCc1ccc(N(CCC(C)C)CCC(C)C)cc1C. The van der Waals surface area contributed by atoms with Crippen LogP contribution in [0, 0.1) is 18.8 Å². The molecule has 1 aromatic carbocycles. The first-order chi connectivity index (χ1) is 9.93. The van der Waals surface area contributed by atoms with Crippen LogP contribution >= 0.6 is 0 Å². The summed E-state index contributed by atoms with van der Waals surface area (Å²) in [6, 6.07) is 6.92. The second kappa shape index (κ2) is 9.09. The van der Waals surface area contributed by atoms with Crippen LogP contribution < -0.4 is 10.2 Å². The average Bonchev–Trinajstić information content (AvgIpc) is 2.41. The zero-order valence-corrected chi connectivity index (χ0v) is 14.9. The largest absolute Gasteiger partial charge is 0.372 e. The van der Waals surface area contributed by atoms with E-state index in [0.717, 1.165) is 31.5 Å². The Labute approximate surface area is 131 Å². The van der Waals surface area contributed by atoms with Gasteiger partial charge in [-0.2, -0.15) is 0 Å². The predicted octanol–water partition coefficient (Wildman–Crippen LogP) is 4.61. The van der Waals surface area contributed by atoms with Gasteiger partial charge in [0.25, 0.3) is 0 Å². The van der Waals surface area contributed by atoms with Gasteiger partial charge in [-0.1, -0.05) is 33.8 Å². The third-order valence-corrected chi connectivity index (χ3v) is 4.01. The fraction of sp³-hybridized carbons (Fsp3) is 0.684. The van der Waals surface area contributed by atoms with Gasteiger partial charge in [-0.15, -0.1) is 0 Å². The standard InChI is InChI=1S/C19H34N2/c1-15(2)9-11-21(12-10-16(3)4)19-8-7-18(14-20-6)17(5)13-19/h7-8,13,15-16,20H,9-12,14H2,1-6H3. The van der Waals surface area contributed by atoms with Crippen LogP contribution in [0.25, 0.3) is 0 Å². The van der Waals surface area contributed by atoms with Crippen molar-refractivity contribution < 1.29 is 0 Å². The molecule has 0 atom stereocenters. The molecule has 0 fully saturated rings. The molecule has 0 aliphatic heterocycles. The van der Waals surface area contributed by atoms with Gasteiger partial charge in [0.15, 0.2) is 0 Å². The lowest BCUT2D eigenvalue weighted by Gasteiger charge is -2.27. The number of rotatable bonds is 9. The number of nitrogens with zero attached hydrogens (tertiary/aromatic N) is 1. The molecule has 21 heavy (non-hydrogen) atoms. The summed E-state index contributed by atoms with van der Waals surface area (Å²) < 4.78 is 0. The first-order valence-electron chi connectivity index (χ1n) is 8.43. The molecule has 0 saturated heterocycles. The van der Waals surface area contributed by atoms with Crippen LogP contribution in [0.2, 0.25) is 0 Å². The molecule has 0 heterocycles. The minimum absolute atomic E-state index is 0.760. The predicted molar refractivity (Wildman–Crippen MR) is 95.1 cm³/mol. The number of anilines is 1. The van der Waals surface area contributed by atoms with Crippen molar-refractivity contribution >= 4 is 5.69 Å². The van der Waals surface area contributed by atoms with Crippen LogP contribution in [0.5, 0.6) is 0 Å². The molecule has 0 saturated carbocycles. The fourth-order valence-corrected chi connectivity index (χ4v) is 2.46. The van der Waals surface area contributed by atoms with Gasteiger partial charge in [0.1, 0.15) is 0 Å². The zero-order chi connectivity index (χ0) is 15.8. The van der Waals surface area contributed by atoms with Crippen LogP contribution in [0.3, 0.4) is 0 Å². The molecule has 0 bridgehead atoms. The van der Waals surface area contributed by atoms with Gasteiger partial charge < -0.3 is 10.2 Å². The van der Waals surface area contributed by atoms with Crippen molar-refractivity contribution in [3.63, 3.8) is 0 Å². The van der Waals surface area contributed by atoms with Crippen molar-refractivity contribution in [3.8, 4) is 0 Å². The highest BCUT2D eigenvalue weighted by molar-refractivity contribution is 5.50. The Morgan fingerprint density at radius 2 is 1.57 bits per heavy atom. The maximum Gasteiger partial charge on any atom is 0.0369 e. The van der Waals surface area contributed by atoms with E-state index in [2.05, 4.69) is 63.0 Å². The maximum atomic E-state index is 3.24. The number of hydrogen-bond donors (Lipinski definition) is 1. The number of hydrogen-bond acceptors (Lipinski definition) is 2. The molecule has 0 spiro atoms. The highest BCUT2D eigenvalue weighted by Gasteiger charge is 2.10. The van der Waals surface area contributed by atoms with Crippen LogP contribution in [-0.4, -0.2) is 20.1 Å². The number of benzene rings is 1. The van der Waals surface area contributed by atoms with E-state index in [4.69, 9.17) is 0 Å². The molecule has 1 rings (SSSR count). The molecule has 0 aromatic heterocycles. The topological polar surface area (TPSA) is 15.3 Å². The molecule has 0 radical (unpaired) electrons. The fourth-order valence-electron chi connectivity index (χ4n) is 2.46. The molecular weight excluding hydrogens is 256 g/mol. The molecule has 1 aromatic rings. The van der Waals surface area contributed by atoms with E-state index in [1.807, 2.05) is 7.05 Å². The first-order valence-corrected chi connectivity index (χ1v) is 8.43. The van der Waals surface area contributed by atoms with Crippen molar-refractivity contribution in [2.75, 3.05) is 25.0 Å². The molecule has 120 valence electrons. The second-order valence-corrected chi connectivity index (χ2v) is 6.99. The summed E-state index contributed by atoms with van der Waals surface area (Å²) in [4.78, 5) is 2.57. The molecule has 1 N–H and O–H groups in total. The van der Waals surface area contributed by atoms with Gasteiger partial charge in [0.05, 0.1) is 0 Å². The Morgan fingerprint density at radius 1 is 1.00 bits per heavy atom. The van der Waals surface area contributed by atoms with Crippen molar-refractivity contribution in [1.29, 1.82) is 0 Å². The Hall–Kier alpha value is -1.02. The Kier molecular flexibility index (Phi) is 7.81. The molecule has 0 aliphatic rings. The lowest BCUT2D eigenvalue weighted by molar-refractivity contribution is 0.535. The summed E-state index contributed by atoms with van der Waals surface area (Å²) in [5, 5.41) is 3.24. The molecule has 0 unspecified atom stereocenters. The number of aryl methyl sites for hydroxylation is 1.